The van der Waals surface area contributed by atoms with Crippen molar-refractivity contribution < 1.29 is 4.74 Å². The summed E-state index contributed by atoms with van der Waals surface area (Å²) in [6.07, 6.45) is 2.19. The quantitative estimate of drug-likeness (QED) is 0.261. The molecule has 2 heterocycles. The fourth-order valence-electron chi connectivity index (χ4n) is 5.42. The third-order valence-electron chi connectivity index (χ3n) is 7.22. The summed E-state index contributed by atoms with van der Waals surface area (Å²) in [5.74, 6) is 1.14. The van der Waals surface area contributed by atoms with Crippen LogP contribution < -0.4 is 0 Å². The van der Waals surface area contributed by atoms with Crippen LogP contribution in [0.5, 0.6) is 0 Å². The van der Waals surface area contributed by atoms with E-state index in [2.05, 4.69) is 115 Å². The van der Waals surface area contributed by atoms with Gasteiger partial charge in [-0.15, -0.1) is 0 Å². The van der Waals surface area contributed by atoms with Crippen LogP contribution in [0.2, 0.25) is 0 Å². The zero-order valence-corrected chi connectivity index (χ0v) is 20.2. The second-order valence-corrected chi connectivity index (χ2v) is 9.85. The topological polar surface area (TPSA) is 27.1 Å². The molecule has 35 heavy (non-hydrogen) atoms. The van der Waals surface area contributed by atoms with E-state index in [1.54, 1.807) is 0 Å². The van der Waals surface area contributed by atoms with Crippen molar-refractivity contribution in [3.63, 3.8) is 0 Å². The highest BCUT2D eigenvalue weighted by Crippen LogP contribution is 2.41. The summed E-state index contributed by atoms with van der Waals surface area (Å²) < 4.78 is 8.82. The molecule has 1 aromatic heterocycles. The molecule has 0 bridgehead atoms. The summed E-state index contributed by atoms with van der Waals surface area (Å²) in [6, 6.07) is 36.3. The number of hydrogen-bond donors (Lipinski definition) is 0. The van der Waals surface area contributed by atoms with Crippen molar-refractivity contribution in [1.29, 1.82) is 0 Å². The van der Waals surface area contributed by atoms with Crippen LogP contribution in [0.15, 0.2) is 103 Å². The molecule has 3 heteroatoms. The number of hydrogen-bond acceptors (Lipinski definition) is 2. The van der Waals surface area contributed by atoms with Gasteiger partial charge in [0, 0.05) is 23.1 Å². The molecule has 4 aromatic carbocycles. The van der Waals surface area contributed by atoms with E-state index < -0.39 is 0 Å². The Balaban J connectivity index is 1.32. The number of imidazole rings is 1. The first kappa shape index (κ1) is 21.8. The van der Waals surface area contributed by atoms with Crippen molar-refractivity contribution in [1.82, 2.24) is 9.55 Å². The molecule has 0 amide bonds. The minimum absolute atomic E-state index is 0.133. The van der Waals surface area contributed by atoms with E-state index in [1.165, 1.54) is 27.6 Å². The molecule has 0 saturated carbocycles. The average Bonchev–Trinajstić information content (AvgIpc) is 3.31. The van der Waals surface area contributed by atoms with Crippen LogP contribution in [0.3, 0.4) is 0 Å². The Bertz CT molecular complexity index is 1460. The van der Waals surface area contributed by atoms with Gasteiger partial charge in [-0.25, -0.2) is 4.98 Å². The number of fused-ring (bicyclic) bond motifs is 2. The van der Waals surface area contributed by atoms with Gasteiger partial charge in [-0.1, -0.05) is 104 Å². The number of ether oxygens (including phenoxy) is 1. The van der Waals surface area contributed by atoms with E-state index in [1.807, 2.05) is 0 Å². The smallest absolute Gasteiger partial charge is 0.118 e. The summed E-state index contributed by atoms with van der Waals surface area (Å²) in [6.45, 7) is 4.56. The molecule has 174 valence electrons. The average molecular weight is 459 g/mol. The van der Waals surface area contributed by atoms with Gasteiger partial charge in [0.05, 0.1) is 24.6 Å². The Labute approximate surface area is 207 Å². The van der Waals surface area contributed by atoms with Gasteiger partial charge in [-0.2, -0.15) is 0 Å². The molecule has 0 spiro atoms. The van der Waals surface area contributed by atoms with Crippen LogP contribution in [0.1, 0.15) is 31.2 Å². The normalized spacial score (nSPS) is 17.4. The van der Waals surface area contributed by atoms with Crippen molar-refractivity contribution >= 4 is 10.8 Å². The van der Waals surface area contributed by atoms with E-state index in [-0.39, 0.29) is 5.41 Å². The molecule has 0 radical (unpaired) electrons. The van der Waals surface area contributed by atoms with E-state index >= 15 is 0 Å². The molecule has 0 aliphatic carbocycles. The van der Waals surface area contributed by atoms with Gasteiger partial charge in [0.15, 0.2) is 0 Å². The van der Waals surface area contributed by atoms with Gasteiger partial charge >= 0.3 is 0 Å². The number of aromatic nitrogens is 2. The van der Waals surface area contributed by atoms with Gasteiger partial charge in [0.1, 0.15) is 5.82 Å². The molecule has 0 unspecified atom stereocenters. The molecule has 3 nitrogen and oxygen atoms in total. The molecule has 0 saturated heterocycles. The summed E-state index contributed by atoms with van der Waals surface area (Å²) in [5.41, 5.74) is 5.73. The Morgan fingerprint density at radius 2 is 1.49 bits per heavy atom. The van der Waals surface area contributed by atoms with Gasteiger partial charge in [-0.3, -0.25) is 0 Å². The lowest BCUT2D eigenvalue weighted by molar-refractivity contribution is 0.0624. The lowest BCUT2D eigenvalue weighted by Crippen LogP contribution is -2.36. The minimum atomic E-state index is -0.133. The van der Waals surface area contributed by atoms with Crippen LogP contribution in [0, 0.1) is 0 Å². The van der Waals surface area contributed by atoms with Gasteiger partial charge in [0.2, 0.25) is 0 Å². The highest BCUT2D eigenvalue weighted by atomic mass is 16.5. The standard InChI is InChI=1S/C32H30N2O/c1-32(23-35-22-24-17-18-25-11-8-9-16-28(25)21-24)19-10-20-34-30(27-14-6-3-7-15-27)29(33-31(32)34)26-12-4-2-5-13-26/h2-9,11-18,21H,10,19-20,22-23H2,1H3/t32-/m0/s1. The van der Waals surface area contributed by atoms with Crippen molar-refractivity contribution in [2.45, 2.75) is 38.3 Å². The zero-order chi connectivity index (χ0) is 23.7. The first-order valence-corrected chi connectivity index (χ1v) is 12.5. The highest BCUT2D eigenvalue weighted by molar-refractivity contribution is 5.83. The summed E-state index contributed by atoms with van der Waals surface area (Å²) in [7, 11) is 0. The van der Waals surface area contributed by atoms with E-state index in [4.69, 9.17) is 9.72 Å². The Kier molecular flexibility index (Phi) is 5.71. The summed E-state index contributed by atoms with van der Waals surface area (Å²) in [5, 5.41) is 2.52. The van der Waals surface area contributed by atoms with Crippen molar-refractivity contribution in [2.24, 2.45) is 0 Å². The lowest BCUT2D eigenvalue weighted by Gasteiger charge is -2.34. The monoisotopic (exact) mass is 458 g/mol. The van der Waals surface area contributed by atoms with Crippen LogP contribution >= 0.6 is 0 Å². The fourth-order valence-corrected chi connectivity index (χ4v) is 5.42. The number of benzene rings is 4. The second-order valence-electron chi connectivity index (χ2n) is 9.85. The third kappa shape index (κ3) is 4.17. The molecule has 0 fully saturated rings. The van der Waals surface area contributed by atoms with Gasteiger partial charge in [0.25, 0.3) is 0 Å². The van der Waals surface area contributed by atoms with E-state index in [0.717, 1.165) is 36.5 Å². The maximum atomic E-state index is 6.38. The SMILES string of the molecule is C[C@@]1(COCc2ccc3ccccc3c2)CCCn2c1nc(-c1ccccc1)c2-c1ccccc1. The molecule has 1 aliphatic heterocycles. The van der Waals surface area contributed by atoms with Crippen LogP contribution in [0.25, 0.3) is 33.3 Å². The Hall–Kier alpha value is -3.69. The fraction of sp³-hybridized carbons (Fsp3) is 0.219. The van der Waals surface area contributed by atoms with Crippen molar-refractivity contribution in [3.05, 3.63) is 115 Å². The summed E-state index contributed by atoms with van der Waals surface area (Å²) in [4.78, 5) is 5.30. The predicted octanol–water partition coefficient (Wildman–Crippen LogP) is 7.64. The van der Waals surface area contributed by atoms with E-state index in [9.17, 15) is 0 Å². The molecular formula is C32H30N2O. The molecule has 6 rings (SSSR count). The van der Waals surface area contributed by atoms with Crippen LogP contribution in [-0.2, 0) is 23.3 Å². The zero-order valence-electron chi connectivity index (χ0n) is 20.2. The predicted molar refractivity (Wildman–Crippen MR) is 143 cm³/mol. The van der Waals surface area contributed by atoms with Crippen LogP contribution in [0.4, 0.5) is 0 Å². The van der Waals surface area contributed by atoms with Gasteiger partial charge < -0.3 is 9.30 Å². The molecule has 0 N–H and O–H groups in total. The van der Waals surface area contributed by atoms with Crippen LogP contribution in [-0.4, -0.2) is 16.2 Å². The van der Waals surface area contributed by atoms with Crippen molar-refractivity contribution in [2.75, 3.05) is 6.61 Å². The number of nitrogens with zero attached hydrogens (tertiary/aromatic N) is 2. The van der Waals surface area contributed by atoms with E-state index in [0.29, 0.717) is 13.2 Å². The Morgan fingerprint density at radius 1 is 0.800 bits per heavy atom. The van der Waals surface area contributed by atoms with Crippen molar-refractivity contribution in [3.8, 4) is 22.5 Å². The first-order chi connectivity index (χ1) is 17.2. The highest BCUT2D eigenvalue weighted by Gasteiger charge is 2.37. The number of rotatable bonds is 6. The first-order valence-electron chi connectivity index (χ1n) is 12.5. The summed E-state index contributed by atoms with van der Waals surface area (Å²) >= 11 is 0. The minimum Gasteiger partial charge on any atom is -0.376 e. The maximum absolute atomic E-state index is 6.38. The molecule has 1 atom stereocenters. The molecular weight excluding hydrogens is 428 g/mol. The Morgan fingerprint density at radius 3 is 2.26 bits per heavy atom. The third-order valence-corrected chi connectivity index (χ3v) is 7.22. The lowest BCUT2D eigenvalue weighted by atomic mass is 9.83. The van der Waals surface area contributed by atoms with Gasteiger partial charge in [-0.05, 0) is 35.2 Å². The molecule has 5 aromatic rings. The second kappa shape index (κ2) is 9.16. The largest absolute Gasteiger partial charge is 0.376 e. The maximum Gasteiger partial charge on any atom is 0.118 e. The molecule has 1 aliphatic rings.